The molecule has 0 fully saturated rings. The van der Waals surface area contributed by atoms with E-state index in [1.165, 1.54) is 12.3 Å². The second-order valence-corrected chi connectivity index (χ2v) is 0.691. The molecule has 2 heteroatoms. The normalized spacial score (nSPS) is 4.33. The SMILES string of the molecule is C=CC=N.CC.CC=N. The molecule has 0 saturated carbocycles. The molecule has 0 heterocycles. The first-order chi connectivity index (χ1) is 4.33. The van der Waals surface area contributed by atoms with Crippen LogP contribution in [0.5, 0.6) is 0 Å². The lowest BCUT2D eigenvalue weighted by atomic mass is 10.7. The van der Waals surface area contributed by atoms with E-state index in [9.17, 15) is 0 Å². The Morgan fingerprint density at radius 3 is 1.33 bits per heavy atom. The summed E-state index contributed by atoms with van der Waals surface area (Å²) in [5.41, 5.74) is 0. The zero-order valence-electron chi connectivity index (χ0n) is 6.44. The second-order valence-electron chi connectivity index (χ2n) is 0.691. The van der Waals surface area contributed by atoms with Crippen molar-refractivity contribution in [1.29, 1.82) is 10.8 Å². The Bertz CT molecular complexity index is 51.9. The van der Waals surface area contributed by atoms with Crippen molar-refractivity contribution in [2.75, 3.05) is 0 Å². The number of rotatable bonds is 1. The van der Waals surface area contributed by atoms with Gasteiger partial charge in [0.05, 0.1) is 0 Å². The van der Waals surface area contributed by atoms with Crippen LogP contribution in [-0.4, -0.2) is 12.4 Å². The van der Waals surface area contributed by atoms with Crippen LogP contribution in [0.2, 0.25) is 0 Å². The molecule has 0 radical (unpaired) electrons. The molecular weight excluding hydrogens is 112 g/mol. The highest BCUT2D eigenvalue weighted by Gasteiger charge is 1.31. The second kappa shape index (κ2) is 60.5. The van der Waals surface area contributed by atoms with E-state index in [0.29, 0.717) is 0 Å². The number of hydrogen-bond acceptors (Lipinski definition) is 2. The standard InChI is InChI=1S/C3H5N.C2H5N.C2H6/c1-2-3-4;1-2-3;1-2/h2-4H,1H2;2-3H,1H3;1-2H3. The van der Waals surface area contributed by atoms with Gasteiger partial charge >= 0.3 is 0 Å². The van der Waals surface area contributed by atoms with Crippen molar-refractivity contribution in [1.82, 2.24) is 0 Å². The molecule has 0 aliphatic rings. The van der Waals surface area contributed by atoms with Crippen molar-refractivity contribution in [2.24, 2.45) is 0 Å². The van der Waals surface area contributed by atoms with Crippen LogP contribution in [0.1, 0.15) is 20.8 Å². The van der Waals surface area contributed by atoms with Gasteiger partial charge in [0.15, 0.2) is 0 Å². The maximum Gasteiger partial charge on any atom is 0.0171 e. The van der Waals surface area contributed by atoms with Crippen LogP contribution >= 0.6 is 0 Å². The van der Waals surface area contributed by atoms with Gasteiger partial charge in [0.25, 0.3) is 0 Å². The molecule has 0 aromatic heterocycles. The average Bonchev–Trinajstić information content (AvgIpc) is 1.94. The van der Waals surface area contributed by atoms with Crippen molar-refractivity contribution in [3.63, 3.8) is 0 Å². The van der Waals surface area contributed by atoms with Gasteiger partial charge in [-0.05, 0) is 13.1 Å². The first-order valence-corrected chi connectivity index (χ1v) is 2.90. The molecule has 0 aromatic rings. The number of nitrogens with one attached hydrogen (secondary N) is 2. The third kappa shape index (κ3) is 28500. The highest BCUT2D eigenvalue weighted by Crippen LogP contribution is 1.37. The minimum absolute atomic E-state index is 1.14. The Labute approximate surface area is 57.6 Å². The van der Waals surface area contributed by atoms with Gasteiger partial charge in [-0.25, -0.2) is 0 Å². The van der Waals surface area contributed by atoms with Crippen molar-refractivity contribution < 1.29 is 0 Å². The van der Waals surface area contributed by atoms with Gasteiger partial charge in [0.2, 0.25) is 0 Å². The van der Waals surface area contributed by atoms with E-state index < -0.39 is 0 Å². The van der Waals surface area contributed by atoms with Crippen molar-refractivity contribution in [3.05, 3.63) is 12.7 Å². The van der Waals surface area contributed by atoms with Crippen molar-refractivity contribution >= 4 is 12.4 Å². The van der Waals surface area contributed by atoms with Gasteiger partial charge < -0.3 is 10.8 Å². The van der Waals surface area contributed by atoms with Crippen LogP contribution in [0.4, 0.5) is 0 Å². The molecule has 54 valence electrons. The molecule has 0 aliphatic heterocycles. The third-order valence-electron chi connectivity index (χ3n) is 0.118. The minimum Gasteiger partial charge on any atom is -0.313 e. The van der Waals surface area contributed by atoms with Gasteiger partial charge in [0, 0.05) is 6.21 Å². The lowest BCUT2D eigenvalue weighted by Crippen LogP contribution is -1.41. The fourth-order valence-corrected chi connectivity index (χ4v) is 0. The molecule has 0 atom stereocenters. The highest BCUT2D eigenvalue weighted by atomic mass is 14.3. The molecule has 0 spiro atoms. The summed E-state index contributed by atoms with van der Waals surface area (Å²) in [5, 5.41) is 12.3. The first-order valence-electron chi connectivity index (χ1n) is 2.90. The quantitative estimate of drug-likeness (QED) is 0.510. The van der Waals surface area contributed by atoms with Crippen molar-refractivity contribution in [2.45, 2.75) is 20.8 Å². The topological polar surface area (TPSA) is 47.7 Å². The molecule has 0 aliphatic carbocycles. The van der Waals surface area contributed by atoms with Crippen LogP contribution in [-0.2, 0) is 0 Å². The molecule has 0 rings (SSSR count). The van der Waals surface area contributed by atoms with Crippen molar-refractivity contribution in [3.8, 4) is 0 Å². The summed E-state index contributed by atoms with van der Waals surface area (Å²) in [5.74, 6) is 0. The van der Waals surface area contributed by atoms with E-state index in [1.54, 1.807) is 6.92 Å². The summed E-state index contributed by atoms with van der Waals surface area (Å²) in [6.45, 7) is 8.90. The van der Waals surface area contributed by atoms with Crippen LogP contribution < -0.4 is 0 Å². The van der Waals surface area contributed by atoms with Crippen LogP contribution in [0.25, 0.3) is 0 Å². The Morgan fingerprint density at radius 2 is 1.33 bits per heavy atom. The van der Waals surface area contributed by atoms with Gasteiger partial charge in [0.1, 0.15) is 0 Å². The predicted octanol–water partition coefficient (Wildman–Crippen LogP) is 2.50. The highest BCUT2D eigenvalue weighted by molar-refractivity contribution is 5.66. The van der Waals surface area contributed by atoms with Crippen LogP contribution in [0, 0.1) is 10.8 Å². The van der Waals surface area contributed by atoms with E-state index in [-0.39, 0.29) is 0 Å². The molecule has 0 saturated heterocycles. The first kappa shape index (κ1) is 15.7. The lowest BCUT2D eigenvalue weighted by Gasteiger charge is -1.43. The zero-order valence-corrected chi connectivity index (χ0v) is 6.44. The zero-order chi connectivity index (χ0) is 8.12. The predicted molar refractivity (Wildman–Crippen MR) is 44.8 cm³/mol. The molecular formula is C7H16N2. The third-order valence-corrected chi connectivity index (χ3v) is 0.118. The summed E-state index contributed by atoms with van der Waals surface area (Å²) in [4.78, 5) is 0. The van der Waals surface area contributed by atoms with E-state index in [0.717, 1.165) is 6.21 Å². The van der Waals surface area contributed by atoms with E-state index in [1.807, 2.05) is 13.8 Å². The maximum atomic E-state index is 6.21. The van der Waals surface area contributed by atoms with Gasteiger partial charge in [-0.3, -0.25) is 0 Å². The minimum atomic E-state index is 1.14. The maximum absolute atomic E-state index is 6.21. The molecule has 0 aromatic carbocycles. The van der Waals surface area contributed by atoms with E-state index in [4.69, 9.17) is 10.8 Å². The molecule has 2 nitrogen and oxygen atoms in total. The summed E-state index contributed by atoms with van der Waals surface area (Å²) in [6.07, 6.45) is 3.81. The number of hydrogen-bond donors (Lipinski definition) is 2. The average molecular weight is 128 g/mol. The van der Waals surface area contributed by atoms with Crippen LogP contribution in [0.3, 0.4) is 0 Å². The summed E-state index contributed by atoms with van der Waals surface area (Å²) >= 11 is 0. The Morgan fingerprint density at radius 1 is 1.22 bits per heavy atom. The van der Waals surface area contributed by atoms with Gasteiger partial charge in [-0.1, -0.05) is 26.5 Å². The molecule has 0 unspecified atom stereocenters. The summed E-state index contributed by atoms with van der Waals surface area (Å²) < 4.78 is 0. The largest absolute Gasteiger partial charge is 0.313 e. The van der Waals surface area contributed by atoms with E-state index in [2.05, 4.69) is 6.58 Å². The fraction of sp³-hybridized carbons (Fsp3) is 0.429. The fourth-order valence-electron chi connectivity index (χ4n) is 0. The summed E-state index contributed by atoms with van der Waals surface area (Å²) in [6, 6.07) is 0. The smallest absolute Gasteiger partial charge is 0.0171 e. The monoisotopic (exact) mass is 128 g/mol. The van der Waals surface area contributed by atoms with Gasteiger partial charge in [-0.15, -0.1) is 0 Å². The number of allylic oxidation sites excluding steroid dienone is 1. The lowest BCUT2D eigenvalue weighted by molar-refractivity contribution is 1.50. The molecule has 2 N–H and O–H groups in total. The Balaban J connectivity index is -0.0000000646. The Kier molecular flexibility index (Phi) is 105. The van der Waals surface area contributed by atoms with E-state index >= 15 is 0 Å². The molecule has 0 bridgehead atoms. The Hall–Kier alpha value is -0.920. The summed E-state index contributed by atoms with van der Waals surface area (Å²) in [7, 11) is 0. The molecule has 0 amide bonds. The van der Waals surface area contributed by atoms with Crippen LogP contribution in [0.15, 0.2) is 12.7 Å². The van der Waals surface area contributed by atoms with Gasteiger partial charge in [-0.2, -0.15) is 0 Å². The molecule has 9 heavy (non-hydrogen) atoms.